The van der Waals surface area contributed by atoms with Crippen LogP contribution in [0.1, 0.15) is 6.42 Å². The molecule has 1 amide bonds. The van der Waals surface area contributed by atoms with E-state index in [-0.39, 0.29) is 36.0 Å². The number of benzene rings is 2. The van der Waals surface area contributed by atoms with Crippen molar-refractivity contribution < 1.29 is 14.3 Å². The number of H-pyrrole nitrogens is 1. The van der Waals surface area contributed by atoms with E-state index in [9.17, 15) is 9.59 Å². The van der Waals surface area contributed by atoms with Gasteiger partial charge in [0.1, 0.15) is 0 Å². The van der Waals surface area contributed by atoms with E-state index >= 15 is 0 Å². The highest BCUT2D eigenvalue weighted by molar-refractivity contribution is 7.71. The minimum Gasteiger partial charge on any atom is -0.454 e. The van der Waals surface area contributed by atoms with Crippen molar-refractivity contribution in [2.45, 2.75) is 13.0 Å². The van der Waals surface area contributed by atoms with Crippen LogP contribution in [0.4, 0.5) is 5.69 Å². The number of hydrogen-bond acceptors (Lipinski definition) is 6. The van der Waals surface area contributed by atoms with Crippen LogP contribution in [0.2, 0.25) is 0 Å². The van der Waals surface area contributed by atoms with E-state index in [2.05, 4.69) is 22.0 Å². The molecule has 160 valence electrons. The summed E-state index contributed by atoms with van der Waals surface area (Å²) in [6, 6.07) is 13.6. The maximum atomic E-state index is 13.0. The lowest BCUT2D eigenvalue weighted by atomic mass is 10.2. The fraction of sp³-hybridized carbons (Fsp3) is 0.318. The van der Waals surface area contributed by atoms with Gasteiger partial charge in [0.25, 0.3) is 5.56 Å². The van der Waals surface area contributed by atoms with Crippen LogP contribution < -0.4 is 19.9 Å². The van der Waals surface area contributed by atoms with E-state index < -0.39 is 0 Å². The Labute approximate surface area is 183 Å². The molecule has 1 saturated heterocycles. The van der Waals surface area contributed by atoms with Crippen LogP contribution in [0, 0.1) is 4.77 Å². The van der Waals surface area contributed by atoms with Crippen molar-refractivity contribution in [1.82, 2.24) is 14.5 Å². The standard InChI is InChI=1S/C22H22N4O4S/c27-20(25-10-8-24(9-11-25)15-4-2-1-3-5-15)6-7-26-21(28)16-12-18-19(30-14-29-18)13-17(16)23-22(26)31/h1-5,12-13H,6-11,14H2,(H,23,31). The number of amides is 1. The smallest absolute Gasteiger partial charge is 0.262 e. The van der Waals surface area contributed by atoms with E-state index in [1.54, 1.807) is 12.1 Å². The Bertz CT molecular complexity index is 1250. The van der Waals surface area contributed by atoms with Crippen LogP contribution in [0.25, 0.3) is 10.9 Å². The molecule has 0 radical (unpaired) electrons. The molecule has 1 fully saturated rings. The molecule has 3 heterocycles. The molecule has 9 heteroatoms. The van der Waals surface area contributed by atoms with Crippen molar-refractivity contribution in [3.63, 3.8) is 0 Å². The molecule has 0 spiro atoms. The van der Waals surface area contributed by atoms with Gasteiger partial charge < -0.3 is 24.3 Å². The molecule has 31 heavy (non-hydrogen) atoms. The highest BCUT2D eigenvalue weighted by Gasteiger charge is 2.22. The number of nitrogens with one attached hydrogen (secondary N) is 1. The van der Waals surface area contributed by atoms with Crippen LogP contribution in [0.5, 0.6) is 11.5 Å². The number of nitrogens with zero attached hydrogens (tertiary/aromatic N) is 3. The lowest BCUT2D eigenvalue weighted by Gasteiger charge is -2.36. The van der Waals surface area contributed by atoms with E-state index in [4.69, 9.17) is 21.7 Å². The zero-order valence-corrected chi connectivity index (χ0v) is 17.7. The maximum Gasteiger partial charge on any atom is 0.262 e. The zero-order valence-electron chi connectivity index (χ0n) is 16.9. The van der Waals surface area contributed by atoms with Gasteiger partial charge in [0.05, 0.1) is 10.9 Å². The number of aromatic amines is 1. The van der Waals surface area contributed by atoms with Gasteiger partial charge >= 0.3 is 0 Å². The molecular formula is C22H22N4O4S. The van der Waals surface area contributed by atoms with Gasteiger partial charge in [-0.15, -0.1) is 0 Å². The molecule has 0 unspecified atom stereocenters. The molecule has 0 saturated carbocycles. The molecule has 3 aromatic rings. The minimum absolute atomic E-state index is 0.0276. The van der Waals surface area contributed by atoms with Crippen LogP contribution >= 0.6 is 12.2 Å². The summed E-state index contributed by atoms with van der Waals surface area (Å²) >= 11 is 5.38. The Kier molecular flexibility index (Phi) is 5.11. The third-order valence-corrected chi connectivity index (χ3v) is 6.10. The van der Waals surface area contributed by atoms with E-state index in [0.717, 1.165) is 13.1 Å². The predicted molar refractivity (Wildman–Crippen MR) is 119 cm³/mol. The molecule has 2 aliphatic heterocycles. The summed E-state index contributed by atoms with van der Waals surface area (Å²) in [5.74, 6) is 1.15. The van der Waals surface area contributed by atoms with Crippen LogP contribution in [0.3, 0.4) is 0 Å². The maximum absolute atomic E-state index is 13.0. The van der Waals surface area contributed by atoms with E-state index in [1.165, 1.54) is 10.3 Å². The Morgan fingerprint density at radius 3 is 2.48 bits per heavy atom. The first-order valence-corrected chi connectivity index (χ1v) is 10.7. The van der Waals surface area contributed by atoms with Crippen LogP contribution in [-0.4, -0.2) is 53.3 Å². The predicted octanol–water partition coefficient (Wildman–Crippen LogP) is 2.53. The number of ether oxygens (including phenoxy) is 2. The number of fused-ring (bicyclic) bond motifs is 2. The van der Waals surface area contributed by atoms with Gasteiger partial charge in [-0.3, -0.25) is 14.2 Å². The number of piperazine rings is 1. The summed E-state index contributed by atoms with van der Waals surface area (Å²) in [6.07, 6.45) is 0.221. The number of carbonyl (C=O) groups excluding carboxylic acids is 1. The molecule has 5 rings (SSSR count). The first-order valence-electron chi connectivity index (χ1n) is 10.2. The second-order valence-electron chi connectivity index (χ2n) is 7.59. The largest absolute Gasteiger partial charge is 0.454 e. The normalized spacial score (nSPS) is 15.5. The summed E-state index contributed by atoms with van der Waals surface area (Å²) in [5, 5.41) is 0.460. The topological polar surface area (TPSA) is 79.8 Å². The first kappa shape index (κ1) is 19.6. The Morgan fingerprint density at radius 2 is 1.74 bits per heavy atom. The number of aromatic nitrogens is 2. The van der Waals surface area contributed by atoms with E-state index in [0.29, 0.717) is 35.5 Å². The second-order valence-corrected chi connectivity index (χ2v) is 7.98. The molecule has 0 aliphatic carbocycles. The summed E-state index contributed by atoms with van der Waals surface area (Å²) in [7, 11) is 0. The fourth-order valence-electron chi connectivity index (χ4n) is 4.06. The lowest BCUT2D eigenvalue weighted by molar-refractivity contribution is -0.131. The first-order chi connectivity index (χ1) is 15.1. The highest BCUT2D eigenvalue weighted by atomic mass is 32.1. The number of hydrogen-bond donors (Lipinski definition) is 1. The van der Waals surface area contributed by atoms with Crippen molar-refractivity contribution in [3.8, 4) is 11.5 Å². The van der Waals surface area contributed by atoms with E-state index in [1.807, 2.05) is 23.1 Å². The average Bonchev–Trinajstić information content (AvgIpc) is 3.26. The molecule has 1 N–H and O–H groups in total. The van der Waals surface area contributed by atoms with Crippen molar-refractivity contribution in [3.05, 3.63) is 57.6 Å². The van der Waals surface area contributed by atoms with Crippen molar-refractivity contribution >= 4 is 34.7 Å². The quantitative estimate of drug-likeness (QED) is 0.631. The molecule has 0 atom stereocenters. The SMILES string of the molecule is O=C(CCn1c(=S)[nH]c2cc3c(cc2c1=O)OCO3)N1CCN(c2ccccc2)CC1. The third-order valence-electron chi connectivity index (χ3n) is 5.78. The zero-order chi connectivity index (χ0) is 21.4. The van der Waals surface area contributed by atoms with Gasteiger partial charge in [0, 0.05) is 50.9 Å². The van der Waals surface area contributed by atoms with Crippen LogP contribution in [-0.2, 0) is 11.3 Å². The van der Waals surface area contributed by atoms with Crippen molar-refractivity contribution in [1.29, 1.82) is 0 Å². The van der Waals surface area contributed by atoms with Crippen LogP contribution in [0.15, 0.2) is 47.3 Å². The van der Waals surface area contributed by atoms with Gasteiger partial charge in [0.15, 0.2) is 16.3 Å². The number of carbonyl (C=O) groups is 1. The third kappa shape index (κ3) is 3.76. The molecule has 2 aromatic carbocycles. The van der Waals surface area contributed by atoms with Crippen molar-refractivity contribution in [2.75, 3.05) is 37.9 Å². The molecule has 0 bridgehead atoms. The van der Waals surface area contributed by atoms with Gasteiger partial charge in [-0.2, -0.15) is 0 Å². The molecular weight excluding hydrogens is 416 g/mol. The van der Waals surface area contributed by atoms with Gasteiger partial charge in [0.2, 0.25) is 12.7 Å². The summed E-state index contributed by atoms with van der Waals surface area (Å²) in [6.45, 7) is 3.27. The number of anilines is 1. The number of para-hydroxylation sites is 1. The number of rotatable bonds is 4. The monoisotopic (exact) mass is 438 g/mol. The lowest BCUT2D eigenvalue weighted by Crippen LogP contribution is -2.49. The Balaban J connectivity index is 1.27. The Morgan fingerprint density at radius 1 is 1.03 bits per heavy atom. The van der Waals surface area contributed by atoms with Gasteiger partial charge in [-0.05, 0) is 30.4 Å². The second kappa shape index (κ2) is 8.07. The average molecular weight is 439 g/mol. The highest BCUT2D eigenvalue weighted by Crippen LogP contribution is 2.34. The van der Waals surface area contributed by atoms with Gasteiger partial charge in [-0.25, -0.2) is 0 Å². The summed E-state index contributed by atoms with van der Waals surface area (Å²) < 4.78 is 12.5. The van der Waals surface area contributed by atoms with Gasteiger partial charge in [-0.1, -0.05) is 18.2 Å². The minimum atomic E-state index is -0.237. The molecule has 1 aromatic heterocycles. The molecule has 2 aliphatic rings. The summed E-state index contributed by atoms with van der Waals surface area (Å²) in [5.41, 5.74) is 1.53. The Hall–Kier alpha value is -3.33. The fourth-order valence-corrected chi connectivity index (χ4v) is 4.35. The molecule has 8 nitrogen and oxygen atoms in total. The van der Waals surface area contributed by atoms with Crippen molar-refractivity contribution in [2.24, 2.45) is 0 Å². The summed E-state index contributed by atoms with van der Waals surface area (Å²) in [4.78, 5) is 33.0.